The summed E-state index contributed by atoms with van der Waals surface area (Å²) >= 11 is 0. The Kier molecular flexibility index (Phi) is 3.00. The van der Waals surface area contributed by atoms with E-state index in [1.807, 2.05) is 43.3 Å². The number of hydrogen-bond donors (Lipinski definition) is 1. The maximum Gasteiger partial charge on any atom is 0.353 e. The minimum Gasteiger partial charge on any atom is -0.477 e. The molecule has 17 heavy (non-hydrogen) atoms. The molecule has 1 N–H and O–H groups in total. The van der Waals surface area contributed by atoms with Gasteiger partial charge in [-0.05, 0) is 18.1 Å². The topological polar surface area (TPSA) is 42.2 Å². The minimum absolute atomic E-state index is 0.355. The molecule has 1 heterocycles. The van der Waals surface area contributed by atoms with Crippen LogP contribution < -0.4 is 0 Å². The molecule has 0 amide bonds. The van der Waals surface area contributed by atoms with Crippen LogP contribution in [0, 0.1) is 0 Å². The SMILES string of the molecule is CCc1cc(-c2ccccc2)c(C(=O)O)n1C. The van der Waals surface area contributed by atoms with Crippen LogP contribution in [0.3, 0.4) is 0 Å². The number of aromatic nitrogens is 1. The van der Waals surface area contributed by atoms with Crippen LogP contribution in [0.15, 0.2) is 36.4 Å². The lowest BCUT2D eigenvalue weighted by Crippen LogP contribution is -2.07. The average molecular weight is 229 g/mol. The minimum atomic E-state index is -0.883. The van der Waals surface area contributed by atoms with Crippen LogP contribution in [-0.4, -0.2) is 15.6 Å². The number of aryl methyl sites for hydroxylation is 1. The zero-order valence-electron chi connectivity index (χ0n) is 9.97. The Morgan fingerprint density at radius 2 is 1.94 bits per heavy atom. The second-order valence-corrected chi connectivity index (χ2v) is 3.98. The van der Waals surface area contributed by atoms with Crippen LogP contribution in [0.4, 0.5) is 0 Å². The zero-order valence-corrected chi connectivity index (χ0v) is 9.97. The fraction of sp³-hybridized carbons (Fsp3) is 0.214. The molecule has 3 nitrogen and oxygen atoms in total. The molecular weight excluding hydrogens is 214 g/mol. The molecule has 1 aromatic carbocycles. The zero-order chi connectivity index (χ0) is 12.4. The van der Waals surface area contributed by atoms with Crippen LogP contribution in [0.2, 0.25) is 0 Å². The Labute approximate surface area is 100 Å². The molecule has 88 valence electrons. The van der Waals surface area contributed by atoms with Gasteiger partial charge in [-0.3, -0.25) is 0 Å². The van der Waals surface area contributed by atoms with Gasteiger partial charge in [0.05, 0.1) is 0 Å². The van der Waals surface area contributed by atoms with Gasteiger partial charge in [-0.25, -0.2) is 4.79 Å². The van der Waals surface area contributed by atoms with E-state index in [1.54, 1.807) is 11.6 Å². The third kappa shape index (κ3) is 1.96. The largest absolute Gasteiger partial charge is 0.477 e. The molecule has 0 radical (unpaired) electrons. The van der Waals surface area contributed by atoms with Gasteiger partial charge in [-0.2, -0.15) is 0 Å². The molecule has 0 unspecified atom stereocenters. The number of nitrogens with zero attached hydrogens (tertiary/aromatic N) is 1. The molecule has 0 saturated heterocycles. The number of aromatic carboxylic acids is 1. The van der Waals surface area contributed by atoms with Crippen LogP contribution in [0.1, 0.15) is 23.1 Å². The first-order valence-corrected chi connectivity index (χ1v) is 5.62. The summed E-state index contributed by atoms with van der Waals surface area (Å²) in [6.07, 6.45) is 0.823. The third-order valence-electron chi connectivity index (χ3n) is 2.98. The van der Waals surface area contributed by atoms with Crippen molar-refractivity contribution < 1.29 is 9.90 Å². The van der Waals surface area contributed by atoms with E-state index >= 15 is 0 Å². The normalized spacial score (nSPS) is 10.5. The fourth-order valence-electron chi connectivity index (χ4n) is 2.09. The number of benzene rings is 1. The number of carboxylic acid groups (broad SMARTS) is 1. The second-order valence-electron chi connectivity index (χ2n) is 3.98. The molecule has 2 rings (SSSR count). The quantitative estimate of drug-likeness (QED) is 0.879. The van der Waals surface area contributed by atoms with Crippen LogP contribution in [-0.2, 0) is 13.5 Å². The number of carbonyl (C=O) groups is 1. The standard InChI is InChI=1S/C14H15NO2/c1-3-11-9-12(10-7-5-4-6-8-10)13(14(16)17)15(11)2/h4-9H,3H2,1-2H3,(H,16,17). The van der Waals surface area contributed by atoms with Gasteiger partial charge in [-0.15, -0.1) is 0 Å². The van der Waals surface area contributed by atoms with Crippen LogP contribution in [0.5, 0.6) is 0 Å². The molecule has 3 heteroatoms. The van der Waals surface area contributed by atoms with Crippen molar-refractivity contribution in [2.75, 3.05) is 0 Å². The maximum absolute atomic E-state index is 11.3. The first-order valence-electron chi connectivity index (χ1n) is 5.62. The van der Waals surface area contributed by atoms with Crippen molar-refractivity contribution in [2.24, 2.45) is 7.05 Å². The summed E-state index contributed by atoms with van der Waals surface area (Å²) in [4.78, 5) is 11.3. The van der Waals surface area contributed by atoms with Gasteiger partial charge in [0.2, 0.25) is 0 Å². The molecule has 0 bridgehead atoms. The van der Waals surface area contributed by atoms with Crippen molar-refractivity contribution in [3.63, 3.8) is 0 Å². The van der Waals surface area contributed by atoms with Gasteiger partial charge < -0.3 is 9.67 Å². The van der Waals surface area contributed by atoms with Gasteiger partial charge in [-0.1, -0.05) is 37.3 Å². The molecular formula is C14H15NO2. The van der Waals surface area contributed by atoms with Gasteiger partial charge in [0.1, 0.15) is 5.69 Å². The van der Waals surface area contributed by atoms with Gasteiger partial charge in [0.15, 0.2) is 0 Å². The highest BCUT2D eigenvalue weighted by molar-refractivity contribution is 5.95. The highest BCUT2D eigenvalue weighted by Gasteiger charge is 2.18. The molecule has 0 fully saturated rings. The summed E-state index contributed by atoms with van der Waals surface area (Å²) in [5, 5.41) is 9.30. The van der Waals surface area contributed by atoms with E-state index in [0.717, 1.165) is 23.2 Å². The average Bonchev–Trinajstić information content (AvgIpc) is 2.67. The molecule has 2 aromatic rings. The van der Waals surface area contributed by atoms with E-state index in [4.69, 9.17) is 0 Å². The van der Waals surface area contributed by atoms with Crippen molar-refractivity contribution in [1.29, 1.82) is 0 Å². The van der Waals surface area contributed by atoms with Gasteiger partial charge in [0, 0.05) is 18.3 Å². The Balaban J connectivity index is 2.65. The van der Waals surface area contributed by atoms with Crippen molar-refractivity contribution in [2.45, 2.75) is 13.3 Å². The Hall–Kier alpha value is -2.03. The summed E-state index contributed by atoms with van der Waals surface area (Å²) < 4.78 is 1.75. The van der Waals surface area contributed by atoms with Gasteiger partial charge >= 0.3 is 5.97 Å². The first-order chi connectivity index (χ1) is 8.15. The first kappa shape index (κ1) is 11.5. The van der Waals surface area contributed by atoms with Crippen LogP contribution in [0.25, 0.3) is 11.1 Å². The smallest absolute Gasteiger partial charge is 0.353 e. The summed E-state index contributed by atoms with van der Waals surface area (Å²) in [5.41, 5.74) is 3.12. The lowest BCUT2D eigenvalue weighted by Gasteiger charge is -2.04. The van der Waals surface area contributed by atoms with E-state index in [-0.39, 0.29) is 0 Å². The second kappa shape index (κ2) is 4.45. The molecule has 0 atom stereocenters. The highest BCUT2D eigenvalue weighted by Crippen LogP contribution is 2.27. The van der Waals surface area contributed by atoms with Crippen molar-refractivity contribution >= 4 is 5.97 Å². The number of rotatable bonds is 3. The van der Waals surface area contributed by atoms with Crippen molar-refractivity contribution in [1.82, 2.24) is 4.57 Å². The maximum atomic E-state index is 11.3. The predicted octanol–water partition coefficient (Wildman–Crippen LogP) is 2.95. The monoisotopic (exact) mass is 229 g/mol. The Morgan fingerprint density at radius 1 is 1.29 bits per heavy atom. The lowest BCUT2D eigenvalue weighted by molar-refractivity contribution is 0.0687. The summed E-state index contributed by atoms with van der Waals surface area (Å²) in [6, 6.07) is 11.6. The Bertz CT molecular complexity index is 541. The number of hydrogen-bond acceptors (Lipinski definition) is 1. The van der Waals surface area contributed by atoms with E-state index in [1.165, 1.54) is 0 Å². The van der Waals surface area contributed by atoms with Crippen molar-refractivity contribution in [3.8, 4) is 11.1 Å². The molecule has 0 aliphatic carbocycles. The predicted molar refractivity (Wildman–Crippen MR) is 67.2 cm³/mol. The fourth-order valence-corrected chi connectivity index (χ4v) is 2.09. The summed E-state index contributed by atoms with van der Waals surface area (Å²) in [5.74, 6) is -0.883. The lowest BCUT2D eigenvalue weighted by atomic mass is 10.1. The van der Waals surface area contributed by atoms with E-state index in [0.29, 0.717) is 5.69 Å². The van der Waals surface area contributed by atoms with E-state index < -0.39 is 5.97 Å². The van der Waals surface area contributed by atoms with Crippen LogP contribution >= 0.6 is 0 Å². The Morgan fingerprint density at radius 3 is 2.47 bits per heavy atom. The third-order valence-corrected chi connectivity index (χ3v) is 2.98. The number of carboxylic acids is 1. The summed E-state index contributed by atoms with van der Waals surface area (Å²) in [7, 11) is 1.80. The molecule has 0 spiro atoms. The van der Waals surface area contributed by atoms with E-state index in [2.05, 4.69) is 0 Å². The van der Waals surface area contributed by atoms with Gasteiger partial charge in [0.25, 0.3) is 0 Å². The molecule has 0 aliphatic rings. The molecule has 0 aliphatic heterocycles. The molecule has 1 aromatic heterocycles. The highest BCUT2D eigenvalue weighted by atomic mass is 16.4. The molecule has 0 saturated carbocycles. The van der Waals surface area contributed by atoms with Crippen molar-refractivity contribution in [3.05, 3.63) is 47.8 Å². The summed E-state index contributed by atoms with van der Waals surface area (Å²) in [6.45, 7) is 2.02. The van der Waals surface area contributed by atoms with E-state index in [9.17, 15) is 9.90 Å².